The van der Waals surface area contributed by atoms with Gasteiger partial charge in [0.1, 0.15) is 0 Å². The van der Waals surface area contributed by atoms with Gasteiger partial charge in [0, 0.05) is 0 Å². The van der Waals surface area contributed by atoms with E-state index < -0.39 is 0 Å². The average molecular weight is 203 g/mol. The number of hydrogen-bond acceptors (Lipinski definition) is 1. The van der Waals surface area contributed by atoms with Crippen molar-refractivity contribution < 1.29 is 4.79 Å². The number of primary amides is 1. The molecule has 0 aliphatic carbocycles. The first-order valence-corrected chi connectivity index (χ1v) is 5.26. The fourth-order valence-corrected chi connectivity index (χ4v) is 1.43. The Balaban J connectivity index is 2.80. The molecule has 0 aromatic heterocycles. The minimum atomic E-state index is -0.298. The van der Waals surface area contributed by atoms with Crippen LogP contribution >= 0.6 is 0 Å². The highest BCUT2D eigenvalue weighted by Gasteiger charge is 2.12. The molecule has 0 saturated heterocycles. The summed E-state index contributed by atoms with van der Waals surface area (Å²) in [5.74, 6) is -0.591. The fraction of sp³-hybridized carbons (Fsp3) is 0.308. The molecule has 2 N–H and O–H groups in total. The van der Waals surface area contributed by atoms with E-state index in [0.717, 1.165) is 18.4 Å². The van der Waals surface area contributed by atoms with Gasteiger partial charge in [-0.25, -0.2) is 0 Å². The number of benzene rings is 1. The Morgan fingerprint density at radius 3 is 2.60 bits per heavy atom. The van der Waals surface area contributed by atoms with Crippen molar-refractivity contribution in [1.82, 2.24) is 0 Å². The van der Waals surface area contributed by atoms with Crippen LogP contribution in [0.25, 0.3) is 0 Å². The molecule has 80 valence electrons. The Morgan fingerprint density at radius 1 is 1.40 bits per heavy atom. The number of amides is 1. The summed E-state index contributed by atoms with van der Waals surface area (Å²) in [6.45, 7) is 2.10. The molecule has 15 heavy (non-hydrogen) atoms. The summed E-state index contributed by atoms with van der Waals surface area (Å²) in [4.78, 5) is 11.3. The minimum Gasteiger partial charge on any atom is -0.369 e. The lowest BCUT2D eigenvalue weighted by Gasteiger charge is -2.08. The van der Waals surface area contributed by atoms with Gasteiger partial charge >= 0.3 is 0 Å². The maximum Gasteiger partial charge on any atom is 0.228 e. The first-order valence-electron chi connectivity index (χ1n) is 5.26. The van der Waals surface area contributed by atoms with Gasteiger partial charge in [0.05, 0.1) is 5.92 Å². The first kappa shape index (κ1) is 11.5. The molecule has 1 amide bonds. The minimum absolute atomic E-state index is 0.294. The molecule has 0 aliphatic rings. The molecule has 1 aromatic carbocycles. The Bertz CT molecular complexity index is 330. The van der Waals surface area contributed by atoms with Crippen LogP contribution in [-0.4, -0.2) is 5.91 Å². The van der Waals surface area contributed by atoms with E-state index in [1.54, 1.807) is 0 Å². The van der Waals surface area contributed by atoms with Crippen LogP contribution in [0, 0.1) is 0 Å². The van der Waals surface area contributed by atoms with Gasteiger partial charge in [-0.05, 0) is 12.0 Å². The highest BCUT2D eigenvalue weighted by Crippen LogP contribution is 2.16. The van der Waals surface area contributed by atoms with Crippen LogP contribution in [0.15, 0.2) is 42.5 Å². The number of allylic oxidation sites excluding steroid dienone is 1. The number of unbranched alkanes of at least 4 members (excludes halogenated alkanes) is 1. The summed E-state index contributed by atoms with van der Waals surface area (Å²) >= 11 is 0. The third-order valence-electron chi connectivity index (χ3n) is 2.25. The normalized spacial score (nSPS) is 12.9. The molecule has 1 rings (SSSR count). The predicted octanol–water partition coefficient (Wildman–Crippen LogP) is 2.61. The van der Waals surface area contributed by atoms with Gasteiger partial charge in [-0.2, -0.15) is 0 Å². The quantitative estimate of drug-likeness (QED) is 0.734. The second kappa shape index (κ2) is 6.02. The molecule has 0 spiro atoms. The third-order valence-corrected chi connectivity index (χ3v) is 2.25. The van der Waals surface area contributed by atoms with E-state index in [1.165, 1.54) is 0 Å². The van der Waals surface area contributed by atoms with Crippen molar-refractivity contribution in [1.29, 1.82) is 0 Å². The van der Waals surface area contributed by atoms with Crippen LogP contribution in [-0.2, 0) is 4.79 Å². The van der Waals surface area contributed by atoms with Gasteiger partial charge in [0.25, 0.3) is 0 Å². The molecule has 0 fully saturated rings. The van der Waals surface area contributed by atoms with E-state index in [9.17, 15) is 4.79 Å². The van der Waals surface area contributed by atoms with Crippen molar-refractivity contribution in [3.05, 3.63) is 48.0 Å². The average Bonchev–Trinajstić information content (AvgIpc) is 2.25. The van der Waals surface area contributed by atoms with Gasteiger partial charge in [-0.1, -0.05) is 55.8 Å². The molecule has 0 bridgehead atoms. The molecule has 2 nitrogen and oxygen atoms in total. The molecule has 0 radical (unpaired) electrons. The smallest absolute Gasteiger partial charge is 0.228 e. The summed E-state index contributed by atoms with van der Waals surface area (Å²) in [5.41, 5.74) is 6.32. The van der Waals surface area contributed by atoms with Crippen molar-refractivity contribution in [3.8, 4) is 0 Å². The first-order chi connectivity index (χ1) is 7.25. The Hall–Kier alpha value is -1.57. The second-order valence-electron chi connectivity index (χ2n) is 3.51. The van der Waals surface area contributed by atoms with E-state index >= 15 is 0 Å². The summed E-state index contributed by atoms with van der Waals surface area (Å²) in [5, 5.41) is 0. The fourth-order valence-electron chi connectivity index (χ4n) is 1.43. The van der Waals surface area contributed by atoms with Crippen LogP contribution in [0.5, 0.6) is 0 Å². The van der Waals surface area contributed by atoms with Crippen molar-refractivity contribution in [2.75, 3.05) is 0 Å². The highest BCUT2D eigenvalue weighted by atomic mass is 16.1. The Morgan fingerprint density at radius 2 is 2.07 bits per heavy atom. The Labute approximate surface area is 90.8 Å². The van der Waals surface area contributed by atoms with E-state index in [-0.39, 0.29) is 11.8 Å². The summed E-state index contributed by atoms with van der Waals surface area (Å²) in [7, 11) is 0. The van der Waals surface area contributed by atoms with Crippen LogP contribution in [0.3, 0.4) is 0 Å². The number of nitrogens with two attached hydrogens (primary N) is 1. The molecule has 0 heterocycles. The zero-order chi connectivity index (χ0) is 11.1. The predicted molar refractivity (Wildman–Crippen MR) is 62.4 cm³/mol. The van der Waals surface area contributed by atoms with Gasteiger partial charge in [-0.15, -0.1) is 0 Å². The molecular formula is C13H17NO. The summed E-state index contributed by atoms with van der Waals surface area (Å²) in [6, 6.07) is 9.60. The third kappa shape index (κ3) is 3.58. The monoisotopic (exact) mass is 203 g/mol. The second-order valence-corrected chi connectivity index (χ2v) is 3.51. The largest absolute Gasteiger partial charge is 0.369 e. The summed E-state index contributed by atoms with van der Waals surface area (Å²) in [6.07, 6.45) is 5.97. The highest BCUT2D eigenvalue weighted by molar-refractivity contribution is 5.83. The Kier molecular flexibility index (Phi) is 4.61. The zero-order valence-electron chi connectivity index (χ0n) is 9.02. The number of rotatable bonds is 5. The lowest BCUT2D eigenvalue weighted by atomic mass is 9.98. The van der Waals surface area contributed by atoms with Crippen LogP contribution in [0.2, 0.25) is 0 Å². The SMILES string of the molecule is CCCC=CC(C(N)=O)c1ccccc1. The molecule has 1 unspecified atom stereocenters. The van der Waals surface area contributed by atoms with Gasteiger partial charge in [0.2, 0.25) is 5.91 Å². The molecule has 0 saturated carbocycles. The number of carbonyl (C=O) groups is 1. The van der Waals surface area contributed by atoms with Crippen LogP contribution in [0.4, 0.5) is 0 Å². The zero-order valence-corrected chi connectivity index (χ0v) is 9.02. The van der Waals surface area contributed by atoms with Gasteiger partial charge < -0.3 is 5.73 Å². The van der Waals surface area contributed by atoms with Crippen molar-refractivity contribution >= 4 is 5.91 Å². The lowest BCUT2D eigenvalue weighted by molar-refractivity contribution is -0.118. The van der Waals surface area contributed by atoms with Crippen molar-refractivity contribution in [3.63, 3.8) is 0 Å². The standard InChI is InChI=1S/C13H17NO/c1-2-3-5-10-12(13(14)15)11-8-6-4-7-9-11/h4-10,12H,2-3H2,1H3,(H2,14,15). The van der Waals surface area contributed by atoms with E-state index in [4.69, 9.17) is 5.73 Å². The number of hydrogen-bond donors (Lipinski definition) is 1. The summed E-state index contributed by atoms with van der Waals surface area (Å²) < 4.78 is 0. The molecule has 0 aliphatic heterocycles. The van der Waals surface area contributed by atoms with E-state index in [0.29, 0.717) is 0 Å². The lowest BCUT2D eigenvalue weighted by Crippen LogP contribution is -2.19. The maximum absolute atomic E-state index is 11.3. The maximum atomic E-state index is 11.3. The van der Waals surface area contributed by atoms with Crippen LogP contribution < -0.4 is 5.73 Å². The van der Waals surface area contributed by atoms with Crippen molar-refractivity contribution in [2.45, 2.75) is 25.7 Å². The molecule has 2 heteroatoms. The topological polar surface area (TPSA) is 43.1 Å². The van der Waals surface area contributed by atoms with Crippen molar-refractivity contribution in [2.24, 2.45) is 5.73 Å². The van der Waals surface area contributed by atoms with E-state index in [1.807, 2.05) is 42.5 Å². The molecular weight excluding hydrogens is 186 g/mol. The van der Waals surface area contributed by atoms with Gasteiger partial charge in [0.15, 0.2) is 0 Å². The van der Waals surface area contributed by atoms with Crippen LogP contribution in [0.1, 0.15) is 31.2 Å². The van der Waals surface area contributed by atoms with E-state index in [2.05, 4.69) is 6.92 Å². The molecule has 1 aromatic rings. The van der Waals surface area contributed by atoms with Gasteiger partial charge in [-0.3, -0.25) is 4.79 Å². The number of carbonyl (C=O) groups excluding carboxylic acids is 1. The molecule has 1 atom stereocenters.